The Hall–Kier alpha value is -1.41. The third-order valence-corrected chi connectivity index (χ3v) is 3.44. The third kappa shape index (κ3) is 5.10. The largest absolute Gasteiger partial charge is 0.319 e. The average Bonchev–Trinajstić information content (AvgIpc) is 2.47. The summed E-state index contributed by atoms with van der Waals surface area (Å²) in [5.74, 6) is -0.221. The second-order valence-corrected chi connectivity index (χ2v) is 4.73. The Kier molecular flexibility index (Phi) is 8.96. The summed E-state index contributed by atoms with van der Waals surface area (Å²) >= 11 is 0. The van der Waals surface area contributed by atoms with E-state index in [9.17, 15) is 14.9 Å². The first-order chi connectivity index (χ1) is 9.59. The number of hydrogen-bond donors (Lipinski definition) is 2. The van der Waals surface area contributed by atoms with Crippen molar-refractivity contribution < 1.29 is 9.72 Å². The van der Waals surface area contributed by atoms with Crippen LogP contribution < -0.4 is 10.6 Å². The minimum atomic E-state index is -0.495. The van der Waals surface area contributed by atoms with Gasteiger partial charge in [-0.2, -0.15) is 0 Å². The van der Waals surface area contributed by atoms with E-state index in [-0.39, 0.29) is 48.1 Å². The molecule has 7 nitrogen and oxygen atoms in total. The van der Waals surface area contributed by atoms with Crippen LogP contribution in [0.1, 0.15) is 6.92 Å². The predicted octanol–water partition coefficient (Wildman–Crippen LogP) is 1.67. The van der Waals surface area contributed by atoms with Crippen LogP contribution in [0, 0.1) is 10.1 Å². The number of carbonyl (C=O) groups excluding carboxylic acids is 1. The Morgan fingerprint density at radius 1 is 1.32 bits per heavy atom. The average molecular weight is 351 g/mol. The van der Waals surface area contributed by atoms with Gasteiger partial charge in [0.2, 0.25) is 5.91 Å². The summed E-state index contributed by atoms with van der Waals surface area (Å²) in [6, 6.07) is 5.86. The summed E-state index contributed by atoms with van der Waals surface area (Å²) < 4.78 is 0. The van der Waals surface area contributed by atoms with Crippen LogP contribution in [0.4, 0.5) is 11.4 Å². The van der Waals surface area contributed by atoms with Gasteiger partial charge in [0.05, 0.1) is 11.0 Å². The zero-order chi connectivity index (χ0) is 14.5. The number of nitro benzene ring substituents is 1. The smallest absolute Gasteiger partial charge is 0.292 e. The Balaban J connectivity index is 0.00000220. The Bertz CT molecular complexity index is 510. The van der Waals surface area contributed by atoms with Crippen LogP contribution in [0.3, 0.4) is 0 Å². The molecule has 1 atom stereocenters. The van der Waals surface area contributed by atoms with Gasteiger partial charge in [-0.25, -0.2) is 0 Å². The van der Waals surface area contributed by atoms with E-state index in [0.29, 0.717) is 0 Å². The van der Waals surface area contributed by atoms with Crippen molar-refractivity contribution in [1.29, 1.82) is 0 Å². The molecular weight excluding hydrogens is 331 g/mol. The summed E-state index contributed by atoms with van der Waals surface area (Å²) in [5, 5.41) is 16.8. The minimum absolute atomic E-state index is 0. The van der Waals surface area contributed by atoms with E-state index in [1.54, 1.807) is 18.2 Å². The van der Waals surface area contributed by atoms with Gasteiger partial charge in [0.25, 0.3) is 5.69 Å². The van der Waals surface area contributed by atoms with E-state index in [0.717, 1.165) is 26.2 Å². The summed E-state index contributed by atoms with van der Waals surface area (Å²) in [6.07, 6.45) is 0. The first-order valence-corrected chi connectivity index (χ1v) is 6.58. The van der Waals surface area contributed by atoms with E-state index < -0.39 is 4.92 Å². The third-order valence-electron chi connectivity index (χ3n) is 3.44. The molecule has 1 aromatic rings. The van der Waals surface area contributed by atoms with Gasteiger partial charge in [-0.05, 0) is 13.0 Å². The maximum Gasteiger partial charge on any atom is 0.292 e. The van der Waals surface area contributed by atoms with Gasteiger partial charge in [-0.3, -0.25) is 19.8 Å². The number of carbonyl (C=O) groups is 1. The van der Waals surface area contributed by atoms with Crippen LogP contribution in [0.25, 0.3) is 0 Å². The summed E-state index contributed by atoms with van der Waals surface area (Å²) in [5.41, 5.74) is 0.151. The highest BCUT2D eigenvalue weighted by Crippen LogP contribution is 2.23. The lowest BCUT2D eigenvalue weighted by Gasteiger charge is -2.31. The van der Waals surface area contributed by atoms with E-state index >= 15 is 0 Å². The van der Waals surface area contributed by atoms with Gasteiger partial charge in [0.15, 0.2) is 0 Å². The molecule has 1 aromatic carbocycles. The molecule has 1 saturated heterocycles. The summed E-state index contributed by atoms with van der Waals surface area (Å²) in [7, 11) is 0. The minimum Gasteiger partial charge on any atom is -0.319 e. The second kappa shape index (κ2) is 9.58. The number of benzene rings is 1. The highest BCUT2D eigenvalue weighted by atomic mass is 35.5. The lowest BCUT2D eigenvalue weighted by atomic mass is 10.2. The lowest BCUT2D eigenvalue weighted by Crippen LogP contribution is -2.51. The van der Waals surface area contributed by atoms with E-state index in [4.69, 9.17) is 0 Å². The molecule has 0 saturated carbocycles. The number of nitro groups is 1. The fourth-order valence-electron chi connectivity index (χ4n) is 2.21. The number of halogens is 2. The lowest BCUT2D eigenvalue weighted by molar-refractivity contribution is -0.383. The van der Waals surface area contributed by atoms with Crippen LogP contribution in [0.15, 0.2) is 24.3 Å². The van der Waals surface area contributed by atoms with Gasteiger partial charge in [0.1, 0.15) is 5.69 Å². The van der Waals surface area contributed by atoms with Gasteiger partial charge in [0, 0.05) is 32.2 Å². The van der Waals surface area contributed by atoms with E-state index in [2.05, 4.69) is 15.5 Å². The van der Waals surface area contributed by atoms with Crippen molar-refractivity contribution in [3.63, 3.8) is 0 Å². The first-order valence-electron chi connectivity index (χ1n) is 6.58. The maximum atomic E-state index is 12.2. The second-order valence-electron chi connectivity index (χ2n) is 4.73. The zero-order valence-corrected chi connectivity index (χ0v) is 13.8. The fraction of sp³-hybridized carbons (Fsp3) is 0.462. The van der Waals surface area contributed by atoms with Gasteiger partial charge in [-0.15, -0.1) is 24.8 Å². The van der Waals surface area contributed by atoms with Crippen LogP contribution in [-0.4, -0.2) is 48.0 Å². The molecule has 0 radical (unpaired) electrons. The molecule has 22 heavy (non-hydrogen) atoms. The molecule has 124 valence electrons. The first kappa shape index (κ1) is 20.6. The van der Waals surface area contributed by atoms with Crippen molar-refractivity contribution in [2.24, 2.45) is 0 Å². The molecule has 1 aliphatic rings. The molecule has 0 spiro atoms. The predicted molar refractivity (Wildman–Crippen MR) is 90.1 cm³/mol. The van der Waals surface area contributed by atoms with Gasteiger partial charge in [-0.1, -0.05) is 12.1 Å². The normalized spacial score (nSPS) is 15.9. The van der Waals surface area contributed by atoms with Crippen molar-refractivity contribution in [2.75, 3.05) is 31.5 Å². The van der Waals surface area contributed by atoms with Crippen LogP contribution in [0.5, 0.6) is 0 Å². The molecule has 9 heteroatoms. The molecule has 2 rings (SSSR count). The molecule has 1 unspecified atom stereocenters. The molecule has 0 bridgehead atoms. The number of nitrogens with zero attached hydrogens (tertiary/aromatic N) is 2. The molecule has 1 fully saturated rings. The summed E-state index contributed by atoms with van der Waals surface area (Å²) in [4.78, 5) is 24.7. The van der Waals surface area contributed by atoms with Crippen LogP contribution >= 0.6 is 24.8 Å². The number of piperazine rings is 1. The highest BCUT2D eigenvalue weighted by Gasteiger charge is 2.24. The Labute approximate surface area is 141 Å². The maximum absolute atomic E-state index is 12.2. The number of rotatable bonds is 4. The van der Waals surface area contributed by atoms with Crippen molar-refractivity contribution in [2.45, 2.75) is 13.0 Å². The number of amides is 1. The number of hydrogen-bond acceptors (Lipinski definition) is 5. The molecule has 1 heterocycles. The van der Waals surface area contributed by atoms with Crippen molar-refractivity contribution >= 4 is 42.1 Å². The standard InChI is InChI=1S/C13H18N4O3.2ClH/c1-10(16-8-6-14-7-9-16)13(18)15-11-4-2-3-5-12(11)17(19)20;;/h2-5,10,14H,6-9H2,1H3,(H,15,18);2*1H. The summed E-state index contributed by atoms with van der Waals surface area (Å²) in [6.45, 7) is 5.11. The van der Waals surface area contributed by atoms with E-state index in [1.165, 1.54) is 6.07 Å². The van der Waals surface area contributed by atoms with E-state index in [1.807, 2.05) is 6.92 Å². The van der Waals surface area contributed by atoms with Crippen molar-refractivity contribution in [1.82, 2.24) is 10.2 Å². The molecule has 0 aliphatic carbocycles. The number of para-hydroxylation sites is 2. The molecule has 2 N–H and O–H groups in total. The zero-order valence-electron chi connectivity index (χ0n) is 12.2. The molecule has 0 aromatic heterocycles. The van der Waals surface area contributed by atoms with Crippen molar-refractivity contribution in [3.05, 3.63) is 34.4 Å². The molecule has 1 aliphatic heterocycles. The quantitative estimate of drug-likeness (QED) is 0.637. The van der Waals surface area contributed by atoms with Crippen molar-refractivity contribution in [3.8, 4) is 0 Å². The number of nitrogens with one attached hydrogen (secondary N) is 2. The van der Waals surface area contributed by atoms with Crippen LogP contribution in [-0.2, 0) is 4.79 Å². The number of anilines is 1. The SMILES string of the molecule is CC(C(=O)Nc1ccccc1[N+](=O)[O-])N1CCNCC1.Cl.Cl. The van der Waals surface area contributed by atoms with Crippen LogP contribution in [0.2, 0.25) is 0 Å². The topological polar surface area (TPSA) is 87.5 Å². The molecule has 1 amide bonds. The van der Waals surface area contributed by atoms with Gasteiger partial charge >= 0.3 is 0 Å². The Morgan fingerprint density at radius 3 is 2.50 bits per heavy atom. The fourth-order valence-corrected chi connectivity index (χ4v) is 2.21. The van der Waals surface area contributed by atoms with Gasteiger partial charge < -0.3 is 10.6 Å². The molecular formula is C13H20Cl2N4O3. The monoisotopic (exact) mass is 350 g/mol. The highest BCUT2D eigenvalue weighted by molar-refractivity contribution is 5.96. The Morgan fingerprint density at radius 2 is 1.91 bits per heavy atom.